The SMILES string of the molecule is C[C@H]1C[C@@H]1c1ccc(CN(Cc2nccn2C)C2CC2)o1. The van der Waals surface area contributed by atoms with Crippen LogP contribution in [0.2, 0.25) is 0 Å². The van der Waals surface area contributed by atoms with Gasteiger partial charge in [-0.1, -0.05) is 6.92 Å². The van der Waals surface area contributed by atoms with Crippen molar-refractivity contribution in [3.8, 4) is 0 Å². The van der Waals surface area contributed by atoms with Gasteiger partial charge in [0, 0.05) is 31.4 Å². The lowest BCUT2D eigenvalue weighted by Crippen LogP contribution is -2.26. The average Bonchev–Trinajstić information content (AvgIpc) is 3.35. The molecule has 112 valence electrons. The van der Waals surface area contributed by atoms with Crippen molar-refractivity contribution in [2.24, 2.45) is 13.0 Å². The van der Waals surface area contributed by atoms with Crippen molar-refractivity contribution >= 4 is 0 Å². The Bertz CT molecular complexity index is 626. The smallest absolute Gasteiger partial charge is 0.122 e. The van der Waals surface area contributed by atoms with E-state index in [0.717, 1.165) is 30.6 Å². The maximum Gasteiger partial charge on any atom is 0.122 e. The summed E-state index contributed by atoms with van der Waals surface area (Å²) in [5, 5.41) is 0. The van der Waals surface area contributed by atoms with Crippen molar-refractivity contribution in [1.29, 1.82) is 0 Å². The van der Waals surface area contributed by atoms with Gasteiger partial charge >= 0.3 is 0 Å². The standard InChI is InChI=1S/C17H23N3O/c1-12-9-15(12)16-6-5-14(21-16)10-20(13-3-4-13)11-17-18-7-8-19(17)2/h5-8,12-13,15H,3-4,9-11H2,1-2H3/t12-,15-/m0/s1. The van der Waals surface area contributed by atoms with Gasteiger partial charge < -0.3 is 8.98 Å². The average molecular weight is 285 g/mol. The Labute approximate surface area is 125 Å². The summed E-state index contributed by atoms with van der Waals surface area (Å²) >= 11 is 0. The van der Waals surface area contributed by atoms with Gasteiger partial charge in [-0.2, -0.15) is 0 Å². The van der Waals surface area contributed by atoms with E-state index in [9.17, 15) is 0 Å². The maximum absolute atomic E-state index is 6.07. The van der Waals surface area contributed by atoms with Crippen LogP contribution in [-0.4, -0.2) is 20.5 Å². The second kappa shape index (κ2) is 5.02. The van der Waals surface area contributed by atoms with Gasteiger partial charge in [0.15, 0.2) is 0 Å². The highest BCUT2D eigenvalue weighted by Crippen LogP contribution is 2.47. The van der Waals surface area contributed by atoms with E-state index >= 15 is 0 Å². The molecule has 2 aromatic rings. The van der Waals surface area contributed by atoms with Crippen LogP contribution in [0.5, 0.6) is 0 Å². The third kappa shape index (κ3) is 2.77. The number of hydrogen-bond donors (Lipinski definition) is 0. The molecule has 0 bridgehead atoms. The molecule has 0 N–H and O–H groups in total. The molecule has 0 amide bonds. The molecule has 2 aliphatic carbocycles. The van der Waals surface area contributed by atoms with Crippen molar-refractivity contribution in [1.82, 2.24) is 14.5 Å². The molecule has 4 heteroatoms. The Morgan fingerprint density at radius 1 is 1.33 bits per heavy atom. The summed E-state index contributed by atoms with van der Waals surface area (Å²) < 4.78 is 8.17. The Hall–Kier alpha value is -1.55. The van der Waals surface area contributed by atoms with Crippen LogP contribution < -0.4 is 0 Å². The zero-order valence-electron chi connectivity index (χ0n) is 12.8. The van der Waals surface area contributed by atoms with Gasteiger partial charge in [0.2, 0.25) is 0 Å². The van der Waals surface area contributed by atoms with E-state index in [2.05, 4.69) is 40.6 Å². The minimum Gasteiger partial charge on any atom is -0.464 e. The molecule has 0 unspecified atom stereocenters. The number of imidazole rings is 1. The van der Waals surface area contributed by atoms with Crippen LogP contribution in [0.4, 0.5) is 0 Å². The first-order valence-electron chi connectivity index (χ1n) is 7.99. The van der Waals surface area contributed by atoms with E-state index in [4.69, 9.17) is 4.42 Å². The Morgan fingerprint density at radius 3 is 2.76 bits per heavy atom. The van der Waals surface area contributed by atoms with Crippen molar-refractivity contribution < 1.29 is 4.42 Å². The van der Waals surface area contributed by atoms with Gasteiger partial charge in [0.05, 0.1) is 13.1 Å². The molecule has 21 heavy (non-hydrogen) atoms. The number of nitrogens with zero attached hydrogens (tertiary/aromatic N) is 3. The summed E-state index contributed by atoms with van der Waals surface area (Å²) in [6, 6.07) is 5.04. The van der Waals surface area contributed by atoms with E-state index in [-0.39, 0.29) is 0 Å². The largest absolute Gasteiger partial charge is 0.464 e. The molecule has 2 saturated carbocycles. The minimum atomic E-state index is 0.669. The van der Waals surface area contributed by atoms with Crippen LogP contribution in [0.3, 0.4) is 0 Å². The summed E-state index contributed by atoms with van der Waals surface area (Å²) in [7, 11) is 2.06. The van der Waals surface area contributed by atoms with Crippen molar-refractivity contribution in [2.45, 2.75) is 51.2 Å². The topological polar surface area (TPSA) is 34.2 Å². The molecule has 4 rings (SSSR count). The Kier molecular flexibility index (Phi) is 3.14. The molecular formula is C17H23N3O. The highest BCUT2D eigenvalue weighted by Gasteiger charge is 2.37. The normalized spacial score (nSPS) is 24.7. The molecule has 4 nitrogen and oxygen atoms in total. The molecule has 0 saturated heterocycles. The summed E-state index contributed by atoms with van der Waals surface area (Å²) in [4.78, 5) is 6.95. The van der Waals surface area contributed by atoms with Gasteiger partial charge in [-0.05, 0) is 37.3 Å². The highest BCUT2D eigenvalue weighted by molar-refractivity contribution is 5.17. The van der Waals surface area contributed by atoms with Crippen LogP contribution in [0.25, 0.3) is 0 Å². The van der Waals surface area contributed by atoms with Crippen molar-refractivity contribution in [3.63, 3.8) is 0 Å². The van der Waals surface area contributed by atoms with Crippen molar-refractivity contribution in [2.75, 3.05) is 0 Å². The van der Waals surface area contributed by atoms with Crippen LogP contribution in [0, 0.1) is 5.92 Å². The molecule has 0 spiro atoms. The molecular weight excluding hydrogens is 262 g/mol. The van der Waals surface area contributed by atoms with Gasteiger partial charge in [-0.15, -0.1) is 0 Å². The second-order valence-electron chi connectivity index (χ2n) is 6.71. The molecule has 0 aliphatic heterocycles. The molecule has 0 radical (unpaired) electrons. The zero-order valence-corrected chi connectivity index (χ0v) is 12.8. The Morgan fingerprint density at radius 2 is 2.14 bits per heavy atom. The molecule has 0 aromatic carbocycles. The first-order valence-corrected chi connectivity index (χ1v) is 7.99. The van der Waals surface area contributed by atoms with Crippen LogP contribution in [-0.2, 0) is 20.1 Å². The first-order chi connectivity index (χ1) is 10.2. The van der Waals surface area contributed by atoms with Crippen LogP contribution in [0.1, 0.15) is 49.4 Å². The third-order valence-electron chi connectivity index (χ3n) is 4.85. The number of rotatable bonds is 6. The first kappa shape index (κ1) is 13.1. The minimum absolute atomic E-state index is 0.669. The number of furan rings is 1. The van der Waals surface area contributed by atoms with E-state index in [1.54, 1.807) is 0 Å². The fraction of sp³-hybridized carbons (Fsp3) is 0.588. The fourth-order valence-corrected chi connectivity index (χ4v) is 3.08. The molecule has 2 aliphatic rings. The summed E-state index contributed by atoms with van der Waals surface area (Å²) in [5.74, 6) is 4.89. The van der Waals surface area contributed by atoms with E-state index in [1.807, 2.05) is 12.4 Å². The second-order valence-corrected chi connectivity index (χ2v) is 6.71. The molecule has 2 atom stereocenters. The lowest BCUT2D eigenvalue weighted by molar-refractivity contribution is 0.216. The maximum atomic E-state index is 6.07. The lowest BCUT2D eigenvalue weighted by Gasteiger charge is -2.20. The van der Waals surface area contributed by atoms with Gasteiger partial charge in [-0.25, -0.2) is 4.98 Å². The summed E-state index contributed by atoms with van der Waals surface area (Å²) in [6.45, 7) is 4.10. The molecule has 2 fully saturated rings. The predicted molar refractivity (Wildman–Crippen MR) is 80.7 cm³/mol. The monoisotopic (exact) mass is 285 g/mol. The van der Waals surface area contributed by atoms with E-state index < -0.39 is 0 Å². The van der Waals surface area contributed by atoms with Crippen molar-refractivity contribution in [3.05, 3.63) is 41.9 Å². The Balaban J connectivity index is 1.45. The number of aromatic nitrogens is 2. The van der Waals surface area contributed by atoms with Gasteiger partial charge in [0.1, 0.15) is 17.3 Å². The molecule has 2 heterocycles. The summed E-state index contributed by atoms with van der Waals surface area (Å²) in [6.07, 6.45) is 7.78. The summed E-state index contributed by atoms with van der Waals surface area (Å²) in [5.41, 5.74) is 0. The fourth-order valence-electron chi connectivity index (χ4n) is 3.08. The predicted octanol–water partition coefficient (Wildman–Crippen LogP) is 3.30. The molecule has 2 aromatic heterocycles. The van der Waals surface area contributed by atoms with E-state index in [1.165, 1.54) is 25.0 Å². The van der Waals surface area contributed by atoms with Crippen LogP contribution in [0.15, 0.2) is 28.9 Å². The van der Waals surface area contributed by atoms with Gasteiger partial charge in [0.25, 0.3) is 0 Å². The highest BCUT2D eigenvalue weighted by atomic mass is 16.3. The zero-order chi connectivity index (χ0) is 14.4. The third-order valence-corrected chi connectivity index (χ3v) is 4.85. The van der Waals surface area contributed by atoms with Gasteiger partial charge in [-0.3, -0.25) is 4.90 Å². The van der Waals surface area contributed by atoms with Crippen LogP contribution >= 0.6 is 0 Å². The lowest BCUT2D eigenvalue weighted by atomic mass is 10.3. The van der Waals surface area contributed by atoms with E-state index in [0.29, 0.717) is 12.0 Å². The quantitative estimate of drug-likeness (QED) is 0.816. The number of hydrogen-bond acceptors (Lipinski definition) is 3. The number of aryl methyl sites for hydroxylation is 1.